The first-order valence-corrected chi connectivity index (χ1v) is 6.73. The summed E-state index contributed by atoms with van der Waals surface area (Å²) < 4.78 is 10.7. The molecule has 1 aliphatic rings. The quantitative estimate of drug-likeness (QED) is 0.739. The molecule has 1 aliphatic heterocycles. The number of rotatable bonds is 3. The molecule has 1 heterocycles. The minimum atomic E-state index is -0.536. The van der Waals surface area contributed by atoms with E-state index in [9.17, 15) is 4.79 Å². The highest BCUT2D eigenvalue weighted by atomic mass is 16.6. The lowest BCUT2D eigenvalue weighted by Gasteiger charge is -2.28. The van der Waals surface area contributed by atoms with Crippen molar-refractivity contribution < 1.29 is 14.3 Å². The molecule has 1 saturated heterocycles. The Kier molecular flexibility index (Phi) is 5.61. The van der Waals surface area contributed by atoms with Crippen molar-refractivity contribution in [1.29, 1.82) is 0 Å². The van der Waals surface area contributed by atoms with Gasteiger partial charge in [-0.3, -0.25) is 4.85 Å². The molecule has 108 valence electrons. The Morgan fingerprint density at radius 1 is 1.58 bits per heavy atom. The topological polar surface area (TPSA) is 43.1 Å². The minimum Gasteiger partial charge on any atom is -0.444 e. The molecule has 1 unspecified atom stereocenters. The summed E-state index contributed by atoms with van der Waals surface area (Å²) in [5, 5.41) is 0. The normalized spacial score (nSPS) is 21.3. The molecular formula is C14H24N2O3. The number of hydrogen-bond acceptors (Lipinski definition) is 3. The Bertz CT molecular complexity index is 338. The highest BCUT2D eigenvalue weighted by Gasteiger charge is 2.31. The van der Waals surface area contributed by atoms with Crippen LogP contribution in [0, 0.1) is 12.5 Å². The first-order chi connectivity index (χ1) is 8.83. The molecule has 0 bridgehead atoms. The Balaban J connectivity index is 2.53. The van der Waals surface area contributed by atoms with Gasteiger partial charge in [-0.05, 0) is 39.5 Å². The second kappa shape index (κ2) is 6.76. The summed E-state index contributed by atoms with van der Waals surface area (Å²) in [6.45, 7) is 14.2. The minimum absolute atomic E-state index is 0.359. The van der Waals surface area contributed by atoms with Crippen molar-refractivity contribution in [1.82, 2.24) is 4.90 Å². The van der Waals surface area contributed by atoms with Crippen LogP contribution in [0.3, 0.4) is 0 Å². The van der Waals surface area contributed by atoms with E-state index in [4.69, 9.17) is 16.0 Å². The second-order valence-corrected chi connectivity index (χ2v) is 6.02. The molecule has 2 atom stereocenters. The fourth-order valence-electron chi connectivity index (χ4n) is 2.04. The van der Waals surface area contributed by atoms with E-state index in [2.05, 4.69) is 4.85 Å². The van der Waals surface area contributed by atoms with Gasteiger partial charge >= 0.3 is 12.3 Å². The molecule has 1 fully saturated rings. The molecule has 0 saturated carbocycles. The van der Waals surface area contributed by atoms with Crippen LogP contribution in [-0.2, 0) is 9.47 Å². The smallest absolute Gasteiger partial charge is 0.415 e. The van der Waals surface area contributed by atoms with E-state index in [-0.39, 0.29) is 0 Å². The average molecular weight is 268 g/mol. The summed E-state index contributed by atoms with van der Waals surface area (Å²) >= 11 is 0. The average Bonchev–Trinajstić information content (AvgIpc) is 2.34. The highest BCUT2D eigenvalue weighted by Crippen LogP contribution is 2.22. The lowest BCUT2D eigenvalue weighted by molar-refractivity contribution is 0.0161. The standard InChI is InChI=1S/C14H24N2O3/c1-14(2,3)19-13(17)16(5)12(15-4)9-11-7-6-8-18-10-11/h11-12H,6-10H2,1-3,5H3/t11-,12?/m0/s1. The second-order valence-electron chi connectivity index (χ2n) is 6.02. The molecule has 0 radical (unpaired) electrons. The van der Waals surface area contributed by atoms with E-state index in [1.165, 1.54) is 4.90 Å². The number of amides is 1. The van der Waals surface area contributed by atoms with Crippen LogP contribution >= 0.6 is 0 Å². The van der Waals surface area contributed by atoms with Crippen molar-refractivity contribution in [2.75, 3.05) is 20.3 Å². The van der Waals surface area contributed by atoms with Crippen LogP contribution in [0.15, 0.2) is 0 Å². The van der Waals surface area contributed by atoms with Gasteiger partial charge in [-0.2, -0.15) is 0 Å². The van der Waals surface area contributed by atoms with Crippen LogP contribution in [0.25, 0.3) is 4.85 Å². The van der Waals surface area contributed by atoms with Gasteiger partial charge in [0.15, 0.2) is 0 Å². The van der Waals surface area contributed by atoms with Crippen molar-refractivity contribution in [3.63, 3.8) is 0 Å². The monoisotopic (exact) mass is 268 g/mol. The van der Waals surface area contributed by atoms with Gasteiger partial charge in [0.1, 0.15) is 5.60 Å². The van der Waals surface area contributed by atoms with Crippen molar-refractivity contribution in [2.24, 2.45) is 5.92 Å². The Hall–Kier alpha value is -1.28. The molecule has 0 aromatic carbocycles. The van der Waals surface area contributed by atoms with Gasteiger partial charge in [-0.15, -0.1) is 0 Å². The number of ether oxygens (including phenoxy) is 2. The van der Waals surface area contributed by atoms with E-state index in [1.807, 2.05) is 20.8 Å². The van der Waals surface area contributed by atoms with Crippen LogP contribution in [0.2, 0.25) is 0 Å². The van der Waals surface area contributed by atoms with Crippen molar-refractivity contribution in [2.45, 2.75) is 51.8 Å². The van der Waals surface area contributed by atoms with Crippen LogP contribution in [0.1, 0.15) is 40.0 Å². The third-order valence-electron chi connectivity index (χ3n) is 3.08. The SMILES string of the molecule is [C-]#[N+]C(C[C@@H]1CCCOC1)N(C)C(=O)OC(C)(C)C. The summed E-state index contributed by atoms with van der Waals surface area (Å²) in [6.07, 6.45) is 1.84. The van der Waals surface area contributed by atoms with Gasteiger partial charge in [0, 0.05) is 26.7 Å². The molecule has 0 spiro atoms. The zero-order valence-electron chi connectivity index (χ0n) is 12.3. The largest absolute Gasteiger partial charge is 0.444 e. The third-order valence-corrected chi connectivity index (χ3v) is 3.08. The van der Waals surface area contributed by atoms with Crippen molar-refractivity contribution in [3.05, 3.63) is 11.4 Å². The molecule has 1 amide bonds. The summed E-state index contributed by atoms with van der Waals surface area (Å²) in [7, 11) is 1.63. The van der Waals surface area contributed by atoms with E-state index in [0.717, 1.165) is 19.4 Å². The number of carbonyl (C=O) groups excluding carboxylic acids is 1. The first-order valence-electron chi connectivity index (χ1n) is 6.73. The zero-order valence-corrected chi connectivity index (χ0v) is 12.3. The van der Waals surface area contributed by atoms with E-state index in [1.54, 1.807) is 7.05 Å². The van der Waals surface area contributed by atoms with Crippen molar-refractivity contribution in [3.8, 4) is 0 Å². The Labute approximate surface area is 115 Å². The van der Waals surface area contributed by atoms with Crippen LogP contribution in [0.5, 0.6) is 0 Å². The lowest BCUT2D eigenvalue weighted by Crippen LogP contribution is -2.40. The molecule has 5 nitrogen and oxygen atoms in total. The molecule has 0 N–H and O–H groups in total. The van der Waals surface area contributed by atoms with E-state index in [0.29, 0.717) is 18.9 Å². The predicted octanol–water partition coefficient (Wildman–Crippen LogP) is 2.92. The van der Waals surface area contributed by atoms with Crippen LogP contribution in [0.4, 0.5) is 4.79 Å². The fraction of sp³-hybridized carbons (Fsp3) is 0.857. The van der Waals surface area contributed by atoms with Crippen molar-refractivity contribution >= 4 is 6.09 Å². The molecule has 0 aliphatic carbocycles. The van der Waals surface area contributed by atoms with Gasteiger partial charge < -0.3 is 9.47 Å². The van der Waals surface area contributed by atoms with Gasteiger partial charge in [0.25, 0.3) is 0 Å². The molecule has 0 aromatic heterocycles. The summed E-state index contributed by atoms with van der Waals surface area (Å²) in [5.41, 5.74) is -0.536. The van der Waals surface area contributed by atoms with Gasteiger partial charge in [-0.1, -0.05) is 0 Å². The molecule has 0 aromatic rings. The summed E-state index contributed by atoms with van der Waals surface area (Å²) in [6, 6.07) is 0. The third kappa shape index (κ3) is 5.48. The highest BCUT2D eigenvalue weighted by molar-refractivity contribution is 5.68. The Morgan fingerprint density at radius 3 is 2.74 bits per heavy atom. The van der Waals surface area contributed by atoms with Gasteiger partial charge in [0.05, 0.1) is 0 Å². The fourth-order valence-corrected chi connectivity index (χ4v) is 2.04. The molecule has 19 heavy (non-hydrogen) atoms. The summed E-state index contributed by atoms with van der Waals surface area (Å²) in [4.78, 5) is 16.9. The molecule has 1 rings (SSSR count). The number of carbonyl (C=O) groups is 1. The number of hydrogen-bond donors (Lipinski definition) is 0. The summed E-state index contributed by atoms with van der Waals surface area (Å²) in [5.74, 6) is 0.359. The molecular weight excluding hydrogens is 244 g/mol. The number of nitrogens with zero attached hydrogens (tertiary/aromatic N) is 2. The lowest BCUT2D eigenvalue weighted by atomic mass is 9.97. The van der Waals surface area contributed by atoms with E-state index < -0.39 is 17.9 Å². The van der Waals surface area contributed by atoms with Crippen LogP contribution in [-0.4, -0.2) is 43.0 Å². The van der Waals surface area contributed by atoms with E-state index >= 15 is 0 Å². The van der Waals surface area contributed by atoms with Crippen LogP contribution < -0.4 is 0 Å². The maximum atomic E-state index is 11.9. The maximum Gasteiger partial charge on any atom is 0.415 e. The van der Waals surface area contributed by atoms with Gasteiger partial charge in [-0.25, -0.2) is 16.3 Å². The molecule has 5 heteroatoms. The van der Waals surface area contributed by atoms with Gasteiger partial charge in [0.2, 0.25) is 0 Å². The predicted molar refractivity (Wildman–Crippen MR) is 72.5 cm³/mol. The first kappa shape index (κ1) is 15.8. The zero-order chi connectivity index (χ0) is 14.5. The Morgan fingerprint density at radius 2 is 2.26 bits per heavy atom. The maximum absolute atomic E-state index is 11.9.